The lowest BCUT2D eigenvalue weighted by atomic mass is 10.1. The SMILES string of the molecule is CC(=O)Nc1ccc(S(=O)(=O)Nc2cc3ccccc3c(N3CCN(C)CC3)n2)cc1Cl.Cl.Cl.O=S(=O)(O)c1cc(Cl)sc1Cl. The summed E-state index contributed by atoms with van der Waals surface area (Å²) in [5, 5.41) is 4.56. The fourth-order valence-corrected chi connectivity index (χ4v) is 8.07. The highest BCUT2D eigenvalue weighted by Crippen LogP contribution is 2.34. The highest BCUT2D eigenvalue weighted by molar-refractivity contribution is 7.92. The van der Waals surface area contributed by atoms with Crippen molar-refractivity contribution in [2.24, 2.45) is 0 Å². The van der Waals surface area contributed by atoms with Crippen LogP contribution in [0, 0.1) is 0 Å². The van der Waals surface area contributed by atoms with E-state index in [1.807, 2.05) is 24.3 Å². The van der Waals surface area contributed by atoms with Gasteiger partial charge in [0.2, 0.25) is 5.91 Å². The number of halogens is 5. The molecule has 1 fully saturated rings. The summed E-state index contributed by atoms with van der Waals surface area (Å²) < 4.78 is 58.3. The molecular weight excluding hydrogens is 752 g/mol. The normalized spacial score (nSPS) is 13.6. The van der Waals surface area contributed by atoms with E-state index in [-0.39, 0.29) is 60.0 Å². The minimum atomic E-state index is -4.22. The number of pyridine rings is 1. The van der Waals surface area contributed by atoms with E-state index >= 15 is 0 Å². The Balaban J connectivity index is 0.000000462. The number of piperazine rings is 1. The molecular formula is C26H28Cl5N5O6S3. The maximum Gasteiger partial charge on any atom is 0.296 e. The molecule has 45 heavy (non-hydrogen) atoms. The highest BCUT2D eigenvalue weighted by Gasteiger charge is 2.22. The van der Waals surface area contributed by atoms with Gasteiger partial charge in [0.15, 0.2) is 0 Å². The number of nitrogens with zero attached hydrogens (tertiary/aromatic N) is 3. The number of rotatable bonds is 6. The van der Waals surface area contributed by atoms with Crippen molar-refractivity contribution in [2.75, 3.05) is 48.2 Å². The highest BCUT2D eigenvalue weighted by atomic mass is 35.5. The van der Waals surface area contributed by atoms with Crippen molar-refractivity contribution < 1.29 is 26.2 Å². The Morgan fingerprint density at radius 2 is 1.60 bits per heavy atom. The van der Waals surface area contributed by atoms with Crippen molar-refractivity contribution in [1.29, 1.82) is 0 Å². The van der Waals surface area contributed by atoms with E-state index in [4.69, 9.17) is 39.4 Å². The minimum Gasteiger partial charge on any atom is -0.353 e. The number of carbonyl (C=O) groups excluding carboxylic acids is 1. The number of aromatic nitrogens is 1. The second kappa shape index (κ2) is 16.1. The molecule has 246 valence electrons. The molecule has 3 N–H and O–H groups in total. The van der Waals surface area contributed by atoms with Gasteiger partial charge in [0.05, 0.1) is 19.9 Å². The molecule has 0 atom stereocenters. The van der Waals surface area contributed by atoms with E-state index in [2.05, 4.69) is 31.9 Å². The Morgan fingerprint density at radius 1 is 0.956 bits per heavy atom. The second-order valence-electron chi connectivity index (χ2n) is 9.43. The van der Waals surface area contributed by atoms with Crippen molar-refractivity contribution in [3.05, 3.63) is 68.3 Å². The fourth-order valence-electron chi connectivity index (χ4n) is 4.14. The van der Waals surface area contributed by atoms with E-state index in [1.54, 1.807) is 6.07 Å². The van der Waals surface area contributed by atoms with E-state index in [1.165, 1.54) is 25.1 Å². The molecule has 0 aliphatic carbocycles. The summed E-state index contributed by atoms with van der Waals surface area (Å²) in [6.45, 7) is 4.79. The van der Waals surface area contributed by atoms with Crippen molar-refractivity contribution in [3.63, 3.8) is 0 Å². The molecule has 0 radical (unpaired) electrons. The first-order valence-corrected chi connectivity index (χ1v) is 17.4. The molecule has 11 nitrogen and oxygen atoms in total. The van der Waals surface area contributed by atoms with Crippen LogP contribution < -0.4 is 14.9 Å². The van der Waals surface area contributed by atoms with Crippen LogP contribution in [0.4, 0.5) is 17.3 Å². The van der Waals surface area contributed by atoms with Crippen molar-refractivity contribution in [3.8, 4) is 0 Å². The quantitative estimate of drug-likeness (QED) is 0.186. The number of thiophene rings is 1. The number of fused-ring (bicyclic) bond motifs is 1. The lowest BCUT2D eigenvalue weighted by Crippen LogP contribution is -2.45. The van der Waals surface area contributed by atoms with Gasteiger partial charge in [-0.15, -0.1) is 36.2 Å². The molecule has 3 heterocycles. The molecule has 19 heteroatoms. The number of hydrogen-bond acceptors (Lipinski definition) is 9. The summed E-state index contributed by atoms with van der Waals surface area (Å²) in [5.74, 6) is 0.699. The minimum absolute atomic E-state index is 0. The second-order valence-corrected chi connectivity index (χ2v) is 15.2. The van der Waals surface area contributed by atoms with Gasteiger partial charge in [-0.2, -0.15) is 8.42 Å². The first kappa shape index (κ1) is 39.1. The Hall–Kier alpha value is -2.11. The van der Waals surface area contributed by atoms with Crippen LogP contribution in [0.1, 0.15) is 6.92 Å². The summed E-state index contributed by atoms with van der Waals surface area (Å²) >= 11 is 17.9. The maximum absolute atomic E-state index is 13.0. The number of amides is 1. The molecule has 2 aromatic carbocycles. The van der Waals surface area contributed by atoms with Crippen LogP contribution in [0.2, 0.25) is 13.7 Å². The van der Waals surface area contributed by atoms with Crippen LogP contribution in [0.15, 0.2) is 64.4 Å². The van der Waals surface area contributed by atoms with Crippen LogP contribution >= 0.6 is 71.0 Å². The van der Waals surface area contributed by atoms with E-state index < -0.39 is 20.1 Å². The van der Waals surface area contributed by atoms with Gasteiger partial charge >= 0.3 is 0 Å². The lowest BCUT2D eigenvalue weighted by Gasteiger charge is -2.34. The van der Waals surface area contributed by atoms with Gasteiger partial charge in [0.1, 0.15) is 20.9 Å². The zero-order chi connectivity index (χ0) is 31.5. The summed E-state index contributed by atoms with van der Waals surface area (Å²) in [6, 6.07) is 14.8. The molecule has 0 unspecified atom stereocenters. The molecule has 0 spiro atoms. The molecule has 4 aromatic rings. The maximum atomic E-state index is 13.0. The molecule has 1 saturated heterocycles. The predicted molar refractivity (Wildman–Crippen MR) is 187 cm³/mol. The summed E-state index contributed by atoms with van der Waals surface area (Å²) in [5.41, 5.74) is 0.347. The standard InChI is InChI=1S/C22H24ClN5O3S.C4H2Cl2O3S2.2ClH/c1-15(29)24-20-8-7-17(14-19(20)23)32(30,31)26-21-13-16-5-3-4-6-18(16)22(25-21)28-11-9-27(2)10-12-28;5-3-1-2(4(6)10-3)11(7,8)9;;/h3-8,13-14H,9-12H2,1-2H3,(H,24,29)(H,25,26);1H,(H,7,8,9);2*1H. The van der Waals surface area contributed by atoms with Crippen molar-refractivity contribution in [2.45, 2.75) is 16.7 Å². The van der Waals surface area contributed by atoms with Gasteiger partial charge in [-0.25, -0.2) is 13.4 Å². The van der Waals surface area contributed by atoms with Crippen LogP contribution in [0.5, 0.6) is 0 Å². The predicted octanol–water partition coefficient (Wildman–Crippen LogP) is 6.54. The Kier molecular flexibility index (Phi) is 14.0. The number of sulfonamides is 1. The van der Waals surface area contributed by atoms with Crippen LogP contribution in [0.25, 0.3) is 10.8 Å². The Labute approximate surface area is 292 Å². The third kappa shape index (κ3) is 10.2. The molecule has 1 amide bonds. The summed E-state index contributed by atoms with van der Waals surface area (Å²) in [4.78, 5) is 20.0. The number of nitrogens with one attached hydrogen (secondary N) is 2. The lowest BCUT2D eigenvalue weighted by molar-refractivity contribution is -0.114. The topological polar surface area (TPSA) is 149 Å². The molecule has 1 aliphatic rings. The summed E-state index contributed by atoms with van der Waals surface area (Å²) in [6.07, 6.45) is 0. The van der Waals surface area contributed by atoms with Crippen molar-refractivity contribution in [1.82, 2.24) is 9.88 Å². The Morgan fingerprint density at radius 3 is 2.13 bits per heavy atom. The van der Waals surface area contributed by atoms with E-state index in [0.29, 0.717) is 5.69 Å². The molecule has 0 bridgehead atoms. The van der Waals surface area contributed by atoms with Gasteiger partial charge < -0.3 is 15.1 Å². The van der Waals surface area contributed by atoms with Gasteiger partial charge in [-0.1, -0.05) is 59.1 Å². The third-order valence-corrected chi connectivity index (χ3v) is 10.5. The zero-order valence-electron chi connectivity index (χ0n) is 23.5. The fraction of sp³-hybridized carbons (Fsp3) is 0.231. The van der Waals surface area contributed by atoms with Gasteiger partial charge in [-0.05, 0) is 42.8 Å². The summed E-state index contributed by atoms with van der Waals surface area (Å²) in [7, 11) is -6.08. The Bertz CT molecular complexity index is 1890. The zero-order valence-corrected chi connectivity index (χ0v) is 29.9. The third-order valence-electron chi connectivity index (χ3n) is 6.23. The van der Waals surface area contributed by atoms with E-state index in [0.717, 1.165) is 60.2 Å². The number of hydrogen-bond donors (Lipinski definition) is 3. The van der Waals surface area contributed by atoms with Gasteiger partial charge in [-0.3, -0.25) is 14.1 Å². The molecule has 0 saturated carbocycles. The number of anilines is 3. The number of likely N-dealkylation sites (N-methyl/N-ethyl adjacent to an activating group) is 1. The van der Waals surface area contributed by atoms with E-state index in [9.17, 15) is 21.6 Å². The first-order valence-electron chi connectivity index (χ1n) is 12.5. The monoisotopic (exact) mass is 777 g/mol. The molecule has 5 rings (SSSR count). The van der Waals surface area contributed by atoms with Gasteiger partial charge in [0.25, 0.3) is 20.1 Å². The molecule has 1 aliphatic heterocycles. The molecule has 2 aromatic heterocycles. The van der Waals surface area contributed by atoms with Crippen molar-refractivity contribution >= 4 is 125 Å². The van der Waals surface area contributed by atoms with Crippen LogP contribution in [-0.4, -0.2) is 70.4 Å². The first-order chi connectivity index (χ1) is 20.1. The average Bonchev–Trinajstić information content (AvgIpc) is 3.28. The smallest absolute Gasteiger partial charge is 0.296 e. The number of carbonyl (C=O) groups is 1. The van der Waals surface area contributed by atoms with Crippen LogP contribution in [0.3, 0.4) is 0 Å². The number of benzene rings is 2. The van der Waals surface area contributed by atoms with Crippen LogP contribution in [-0.2, 0) is 24.9 Å². The average molecular weight is 780 g/mol. The van der Waals surface area contributed by atoms with Gasteiger partial charge in [0, 0.05) is 38.5 Å². The largest absolute Gasteiger partial charge is 0.353 e.